The Morgan fingerprint density at radius 3 is 2.89 bits per heavy atom. The molecule has 1 aromatic carbocycles. The molecule has 0 radical (unpaired) electrons. The molecule has 6 nitrogen and oxygen atoms in total. The van der Waals surface area contributed by atoms with Gasteiger partial charge in [-0.3, -0.25) is 4.79 Å². The van der Waals surface area contributed by atoms with E-state index in [-0.39, 0.29) is 5.69 Å². The van der Waals surface area contributed by atoms with E-state index in [1.54, 1.807) is 12.1 Å². The normalized spacial score (nSPS) is 21.3. The molecule has 2 aromatic rings. The molecule has 0 spiro atoms. The van der Waals surface area contributed by atoms with Crippen LogP contribution in [-0.2, 0) is 17.6 Å². The van der Waals surface area contributed by atoms with E-state index in [9.17, 15) is 19.1 Å². The van der Waals surface area contributed by atoms with Crippen molar-refractivity contribution in [3.8, 4) is 5.69 Å². The van der Waals surface area contributed by atoms with Crippen molar-refractivity contribution in [3.63, 3.8) is 0 Å². The molecular weight excluding hydrogens is 369 g/mol. The Bertz CT molecular complexity index is 935. The van der Waals surface area contributed by atoms with Gasteiger partial charge in [-0.1, -0.05) is 6.07 Å². The van der Waals surface area contributed by atoms with Crippen molar-refractivity contribution in [1.29, 1.82) is 0 Å². The summed E-state index contributed by atoms with van der Waals surface area (Å²) in [5.74, 6) is -0.901. The molecule has 8 heteroatoms. The number of aromatic nitrogens is 2. The zero-order chi connectivity index (χ0) is 19.2. The van der Waals surface area contributed by atoms with Crippen molar-refractivity contribution in [2.75, 3.05) is 11.5 Å². The van der Waals surface area contributed by atoms with E-state index in [4.69, 9.17) is 0 Å². The van der Waals surface area contributed by atoms with Crippen molar-refractivity contribution >= 4 is 23.6 Å². The van der Waals surface area contributed by atoms with Crippen LogP contribution in [0.5, 0.6) is 0 Å². The average Bonchev–Trinajstić information content (AvgIpc) is 3.33. The van der Waals surface area contributed by atoms with Crippen LogP contribution in [0.2, 0.25) is 0 Å². The number of carboxylic acid groups (broad SMARTS) is 1. The van der Waals surface area contributed by atoms with E-state index >= 15 is 0 Å². The molecule has 1 unspecified atom stereocenters. The number of rotatable bonds is 4. The fourth-order valence-electron chi connectivity index (χ4n) is 3.77. The first-order chi connectivity index (χ1) is 12.9. The first-order valence-electron chi connectivity index (χ1n) is 8.92. The topological polar surface area (TPSA) is 84.2 Å². The maximum Gasteiger partial charge on any atom is 0.330 e. The number of fused-ring (bicyclic) bond motifs is 1. The van der Waals surface area contributed by atoms with Gasteiger partial charge in [-0.2, -0.15) is 16.9 Å². The Labute approximate surface area is 160 Å². The van der Waals surface area contributed by atoms with Crippen LogP contribution in [-0.4, -0.2) is 43.8 Å². The van der Waals surface area contributed by atoms with Crippen LogP contribution in [0.15, 0.2) is 18.2 Å². The summed E-state index contributed by atoms with van der Waals surface area (Å²) in [6.45, 7) is 1.87. The van der Waals surface area contributed by atoms with Gasteiger partial charge in [-0.25, -0.2) is 13.9 Å². The number of nitrogens with one attached hydrogen (secondary N) is 1. The number of carbonyl (C=O) groups is 2. The number of carboxylic acids is 1. The molecule has 2 heterocycles. The van der Waals surface area contributed by atoms with Crippen molar-refractivity contribution in [2.24, 2.45) is 0 Å². The van der Waals surface area contributed by atoms with E-state index in [2.05, 4.69) is 10.4 Å². The van der Waals surface area contributed by atoms with Gasteiger partial charge in [0.05, 0.1) is 0 Å². The molecule has 1 aromatic heterocycles. The van der Waals surface area contributed by atoms with Gasteiger partial charge in [0, 0.05) is 17.0 Å². The predicted octanol–water partition coefficient (Wildman–Crippen LogP) is 2.50. The first kappa shape index (κ1) is 18.0. The third-order valence-corrected chi connectivity index (χ3v) is 6.45. The maximum atomic E-state index is 14.4. The lowest BCUT2D eigenvalue weighted by molar-refractivity contribution is -0.143. The number of nitrogens with zero attached hydrogens (tertiary/aromatic N) is 2. The van der Waals surface area contributed by atoms with Crippen LogP contribution in [0.1, 0.15) is 40.2 Å². The van der Waals surface area contributed by atoms with Crippen LogP contribution in [0.4, 0.5) is 4.39 Å². The SMILES string of the molecule is Cc1ccc(F)c(-n2nc(C(=O)NC3(C(=O)O)CCSC3)c3c2CCC3)c1. The lowest BCUT2D eigenvalue weighted by Gasteiger charge is -2.24. The number of aliphatic carboxylic acids is 1. The van der Waals surface area contributed by atoms with Crippen LogP contribution in [0, 0.1) is 12.7 Å². The molecule has 4 rings (SSSR count). The number of amides is 1. The second kappa shape index (κ2) is 6.67. The molecule has 2 aliphatic rings. The fraction of sp³-hybridized carbons (Fsp3) is 0.421. The molecule has 0 saturated carbocycles. The molecule has 1 atom stereocenters. The van der Waals surface area contributed by atoms with E-state index in [0.717, 1.165) is 23.2 Å². The molecule has 1 aliphatic heterocycles. The Kier molecular flexibility index (Phi) is 4.46. The summed E-state index contributed by atoms with van der Waals surface area (Å²) in [7, 11) is 0. The number of halogens is 1. The minimum absolute atomic E-state index is 0.209. The lowest BCUT2D eigenvalue weighted by Crippen LogP contribution is -2.55. The number of carbonyl (C=O) groups excluding carboxylic acids is 1. The van der Waals surface area contributed by atoms with Gasteiger partial charge in [0.25, 0.3) is 5.91 Å². The van der Waals surface area contributed by atoms with Crippen molar-refractivity contribution in [1.82, 2.24) is 15.1 Å². The molecule has 1 aliphatic carbocycles. The molecule has 2 N–H and O–H groups in total. The van der Waals surface area contributed by atoms with Crippen LogP contribution in [0.3, 0.4) is 0 Å². The highest BCUT2D eigenvalue weighted by Crippen LogP contribution is 2.31. The summed E-state index contributed by atoms with van der Waals surface area (Å²) in [4.78, 5) is 24.6. The second-order valence-electron chi connectivity index (χ2n) is 7.14. The summed E-state index contributed by atoms with van der Waals surface area (Å²) in [6.07, 6.45) is 2.64. The quantitative estimate of drug-likeness (QED) is 0.839. The largest absolute Gasteiger partial charge is 0.479 e. The van der Waals surface area contributed by atoms with Crippen molar-refractivity contribution in [2.45, 2.75) is 38.1 Å². The first-order valence-corrected chi connectivity index (χ1v) is 10.1. The molecule has 0 bridgehead atoms. The number of hydrogen-bond donors (Lipinski definition) is 2. The van der Waals surface area contributed by atoms with Gasteiger partial charge in [-0.15, -0.1) is 0 Å². The molecule has 1 amide bonds. The summed E-state index contributed by atoms with van der Waals surface area (Å²) in [5.41, 5.74) is 1.78. The molecule has 1 fully saturated rings. The van der Waals surface area contributed by atoms with E-state index in [0.29, 0.717) is 36.5 Å². The van der Waals surface area contributed by atoms with Gasteiger partial charge in [-0.05, 0) is 56.1 Å². The van der Waals surface area contributed by atoms with Crippen molar-refractivity contribution in [3.05, 3.63) is 46.5 Å². The van der Waals surface area contributed by atoms with E-state index in [1.165, 1.54) is 22.5 Å². The van der Waals surface area contributed by atoms with Crippen LogP contribution >= 0.6 is 11.8 Å². The Morgan fingerprint density at radius 2 is 2.19 bits per heavy atom. The summed E-state index contributed by atoms with van der Waals surface area (Å²) >= 11 is 1.51. The standard InChI is InChI=1S/C19H20FN3O3S/c1-11-5-6-13(20)15(9-11)23-14-4-2-3-12(14)16(22-23)17(24)21-19(18(25)26)7-8-27-10-19/h5-6,9H,2-4,7-8,10H2,1H3,(H,21,24)(H,25,26). The monoisotopic (exact) mass is 389 g/mol. The number of benzene rings is 1. The van der Waals surface area contributed by atoms with Gasteiger partial charge in [0.1, 0.15) is 17.0 Å². The Balaban J connectivity index is 1.73. The second-order valence-corrected chi connectivity index (χ2v) is 8.24. The Hall–Kier alpha value is -2.35. The molecule has 1 saturated heterocycles. The average molecular weight is 389 g/mol. The maximum absolute atomic E-state index is 14.4. The van der Waals surface area contributed by atoms with E-state index in [1.807, 2.05) is 6.92 Å². The predicted molar refractivity (Wildman–Crippen MR) is 100 cm³/mol. The minimum atomic E-state index is -1.26. The number of aryl methyl sites for hydroxylation is 1. The molecular formula is C19H20FN3O3S. The zero-order valence-electron chi connectivity index (χ0n) is 14.9. The fourth-order valence-corrected chi connectivity index (χ4v) is 5.09. The summed E-state index contributed by atoms with van der Waals surface area (Å²) in [5, 5.41) is 16.7. The minimum Gasteiger partial charge on any atom is -0.479 e. The number of hydrogen-bond acceptors (Lipinski definition) is 4. The van der Waals surface area contributed by atoms with Gasteiger partial charge < -0.3 is 10.4 Å². The van der Waals surface area contributed by atoms with Gasteiger partial charge in [0.2, 0.25) is 0 Å². The van der Waals surface area contributed by atoms with Crippen LogP contribution in [0.25, 0.3) is 5.69 Å². The third-order valence-electron chi connectivity index (χ3n) is 5.26. The van der Waals surface area contributed by atoms with Gasteiger partial charge in [0.15, 0.2) is 5.69 Å². The number of thioether (sulfide) groups is 1. The highest BCUT2D eigenvalue weighted by molar-refractivity contribution is 7.99. The molecule has 142 valence electrons. The third kappa shape index (κ3) is 3.01. The summed E-state index contributed by atoms with van der Waals surface area (Å²) in [6, 6.07) is 4.78. The lowest BCUT2D eigenvalue weighted by atomic mass is 9.98. The molecule has 27 heavy (non-hydrogen) atoms. The zero-order valence-corrected chi connectivity index (χ0v) is 15.7. The van der Waals surface area contributed by atoms with E-state index < -0.39 is 23.2 Å². The highest BCUT2D eigenvalue weighted by Gasteiger charge is 2.44. The van der Waals surface area contributed by atoms with Crippen LogP contribution < -0.4 is 5.32 Å². The van der Waals surface area contributed by atoms with Crippen molar-refractivity contribution < 1.29 is 19.1 Å². The highest BCUT2D eigenvalue weighted by atomic mass is 32.2. The summed E-state index contributed by atoms with van der Waals surface area (Å²) < 4.78 is 15.9. The Morgan fingerprint density at radius 1 is 1.37 bits per heavy atom. The smallest absolute Gasteiger partial charge is 0.330 e. The van der Waals surface area contributed by atoms with Gasteiger partial charge >= 0.3 is 5.97 Å².